The number of hydrogen-bond acceptors (Lipinski definition) is 3. The summed E-state index contributed by atoms with van der Waals surface area (Å²) in [7, 11) is 0.101. The van der Waals surface area contributed by atoms with Gasteiger partial charge in [-0.15, -0.1) is 0 Å². The summed E-state index contributed by atoms with van der Waals surface area (Å²) in [6.07, 6.45) is 0. The van der Waals surface area contributed by atoms with Crippen LogP contribution in [0.25, 0.3) is 0 Å². The number of halogens is 1. The zero-order valence-corrected chi connectivity index (χ0v) is 9.36. The number of hydrogen-bond donors (Lipinski definition) is 0. The van der Waals surface area contributed by atoms with Crippen molar-refractivity contribution in [3.05, 3.63) is 0 Å². The Labute approximate surface area is 73.7 Å². The van der Waals surface area contributed by atoms with E-state index in [0.717, 1.165) is 0 Å². The molecule has 0 heterocycles. The Kier molecular flexibility index (Phi) is 4.00. The van der Waals surface area contributed by atoms with Gasteiger partial charge in [0.15, 0.2) is 0 Å². The van der Waals surface area contributed by atoms with Crippen molar-refractivity contribution in [3.8, 4) is 0 Å². The summed E-state index contributed by atoms with van der Waals surface area (Å²) >= 11 is 5.87. The molecule has 0 saturated carbocycles. The molecule has 0 spiro atoms. The zero-order valence-electron chi connectivity index (χ0n) is 7.60. The minimum Gasteiger partial charge on any atom is -0.365 e. The highest BCUT2D eigenvalue weighted by atomic mass is 35.6. The third kappa shape index (κ3) is 4.76. The van der Waals surface area contributed by atoms with E-state index in [9.17, 15) is 0 Å². The van der Waals surface area contributed by atoms with Gasteiger partial charge in [0.1, 0.15) is 0 Å². The highest BCUT2D eigenvalue weighted by Gasteiger charge is 2.41. The molecule has 0 fully saturated rings. The van der Waals surface area contributed by atoms with E-state index in [1.54, 1.807) is 0 Å². The van der Waals surface area contributed by atoms with Crippen molar-refractivity contribution in [2.24, 2.45) is 0 Å². The van der Waals surface area contributed by atoms with Crippen LogP contribution in [0.2, 0.25) is 0 Å². The van der Waals surface area contributed by atoms with Crippen molar-refractivity contribution < 1.29 is 13.3 Å². The molecule has 0 aromatic heterocycles. The van der Waals surface area contributed by atoms with E-state index in [4.69, 9.17) is 24.4 Å². The molecule has 0 aliphatic heterocycles. The van der Waals surface area contributed by atoms with Gasteiger partial charge in [0.2, 0.25) is 0 Å². The molecular weight excluding hydrogens is 184 g/mol. The van der Waals surface area contributed by atoms with Crippen LogP contribution in [0.5, 0.6) is 0 Å². The van der Waals surface area contributed by atoms with Crippen molar-refractivity contribution in [2.45, 2.75) is 26.4 Å². The maximum atomic E-state index is 5.87. The predicted octanol–water partition coefficient (Wildman–Crippen LogP) is 1.77. The van der Waals surface area contributed by atoms with Crippen LogP contribution in [0.1, 0.15) is 20.8 Å². The molecule has 11 heavy (non-hydrogen) atoms. The van der Waals surface area contributed by atoms with Crippen LogP contribution in [-0.4, -0.2) is 27.9 Å². The molecule has 0 radical (unpaired) electrons. The van der Waals surface area contributed by atoms with Crippen molar-refractivity contribution in [1.82, 2.24) is 0 Å². The fraction of sp³-hybridized carbons (Fsp3) is 1.00. The SMILES string of the molecule is CO[Si](Cl)(OC)OC(C)(C)C. The molecule has 0 aliphatic carbocycles. The topological polar surface area (TPSA) is 27.7 Å². The predicted molar refractivity (Wildman–Crippen MR) is 46.5 cm³/mol. The van der Waals surface area contributed by atoms with Gasteiger partial charge in [0.05, 0.1) is 5.60 Å². The van der Waals surface area contributed by atoms with Crippen LogP contribution in [0.4, 0.5) is 0 Å². The van der Waals surface area contributed by atoms with E-state index >= 15 is 0 Å². The molecule has 0 aromatic rings. The van der Waals surface area contributed by atoms with Gasteiger partial charge in [-0.3, -0.25) is 0 Å². The average molecular weight is 199 g/mol. The molecule has 0 aliphatic rings. The van der Waals surface area contributed by atoms with Gasteiger partial charge in [0, 0.05) is 14.2 Å². The second-order valence-corrected chi connectivity index (χ2v) is 6.48. The van der Waals surface area contributed by atoms with Crippen LogP contribution in [-0.2, 0) is 13.3 Å². The highest BCUT2D eigenvalue weighted by Crippen LogP contribution is 2.20. The van der Waals surface area contributed by atoms with Crippen LogP contribution in [0.3, 0.4) is 0 Å². The molecule has 0 bridgehead atoms. The molecule has 3 nitrogen and oxygen atoms in total. The van der Waals surface area contributed by atoms with Crippen LogP contribution in [0.15, 0.2) is 0 Å². The standard InChI is InChI=1S/C6H15ClO3Si/c1-6(2,3)10-11(7,8-4)9-5/h1-5H3. The Balaban J connectivity index is 4.08. The summed E-state index contributed by atoms with van der Waals surface area (Å²) in [6, 6.07) is 0. The van der Waals surface area contributed by atoms with Gasteiger partial charge in [-0.1, -0.05) is 11.1 Å². The summed E-state index contributed by atoms with van der Waals surface area (Å²) < 4.78 is 15.2. The lowest BCUT2D eigenvalue weighted by Crippen LogP contribution is -2.44. The van der Waals surface area contributed by atoms with E-state index in [1.807, 2.05) is 20.8 Å². The molecule has 0 rings (SSSR count). The van der Waals surface area contributed by atoms with E-state index in [-0.39, 0.29) is 5.60 Å². The second-order valence-electron chi connectivity index (χ2n) is 3.10. The monoisotopic (exact) mass is 198 g/mol. The lowest BCUT2D eigenvalue weighted by atomic mass is 10.2. The first-order chi connectivity index (χ1) is 4.83. The third-order valence-corrected chi connectivity index (χ3v) is 3.90. The molecule has 0 saturated heterocycles. The van der Waals surface area contributed by atoms with Crippen molar-refractivity contribution in [1.29, 1.82) is 0 Å². The molecule has 0 aromatic carbocycles. The van der Waals surface area contributed by atoms with E-state index in [2.05, 4.69) is 0 Å². The fourth-order valence-electron chi connectivity index (χ4n) is 0.532. The molecule has 0 amide bonds. The number of rotatable bonds is 3. The Morgan fingerprint density at radius 2 is 1.45 bits per heavy atom. The fourth-order valence-corrected chi connectivity index (χ4v) is 2.29. The van der Waals surface area contributed by atoms with E-state index in [0.29, 0.717) is 0 Å². The zero-order chi connectivity index (χ0) is 9.12. The van der Waals surface area contributed by atoms with Crippen molar-refractivity contribution in [2.75, 3.05) is 14.2 Å². The summed E-state index contributed by atoms with van der Waals surface area (Å²) in [5.74, 6) is 0. The van der Waals surface area contributed by atoms with Crippen molar-refractivity contribution >= 4 is 19.2 Å². The quantitative estimate of drug-likeness (QED) is 0.511. The lowest BCUT2D eigenvalue weighted by molar-refractivity contribution is 0.0336. The molecule has 0 atom stereocenters. The Bertz CT molecular complexity index is 119. The summed E-state index contributed by atoms with van der Waals surface area (Å²) in [6.45, 7) is 5.69. The largest absolute Gasteiger partial charge is 0.613 e. The lowest BCUT2D eigenvalue weighted by Gasteiger charge is -2.28. The van der Waals surface area contributed by atoms with Gasteiger partial charge in [-0.2, -0.15) is 0 Å². The molecule has 0 N–H and O–H groups in total. The van der Waals surface area contributed by atoms with Gasteiger partial charge in [-0.25, -0.2) is 0 Å². The first-order valence-corrected chi connectivity index (χ1v) is 6.06. The Morgan fingerprint density at radius 3 is 1.55 bits per heavy atom. The van der Waals surface area contributed by atoms with Gasteiger partial charge in [0.25, 0.3) is 0 Å². The third-order valence-electron chi connectivity index (χ3n) is 0.916. The van der Waals surface area contributed by atoms with Gasteiger partial charge >= 0.3 is 8.11 Å². The summed E-state index contributed by atoms with van der Waals surface area (Å²) in [5.41, 5.74) is -0.333. The highest BCUT2D eigenvalue weighted by molar-refractivity contribution is 7.09. The second kappa shape index (κ2) is 3.87. The molecular formula is C6H15ClO3Si. The molecule has 0 unspecified atom stereocenters. The Hall–Kier alpha value is 0.387. The van der Waals surface area contributed by atoms with Gasteiger partial charge in [-0.05, 0) is 20.8 Å². The van der Waals surface area contributed by atoms with Crippen LogP contribution in [0, 0.1) is 0 Å². The van der Waals surface area contributed by atoms with E-state index < -0.39 is 8.11 Å². The van der Waals surface area contributed by atoms with Crippen molar-refractivity contribution in [3.63, 3.8) is 0 Å². The first kappa shape index (κ1) is 11.4. The van der Waals surface area contributed by atoms with Crippen LogP contribution < -0.4 is 0 Å². The summed E-state index contributed by atoms with van der Waals surface area (Å²) in [4.78, 5) is 0. The van der Waals surface area contributed by atoms with Crippen LogP contribution >= 0.6 is 11.1 Å². The normalized spacial score (nSPS) is 13.6. The maximum absolute atomic E-state index is 5.87. The minimum absolute atomic E-state index is 0.333. The minimum atomic E-state index is -2.86. The first-order valence-electron chi connectivity index (χ1n) is 3.32. The molecule has 68 valence electrons. The summed E-state index contributed by atoms with van der Waals surface area (Å²) in [5, 5.41) is 0. The smallest absolute Gasteiger partial charge is 0.365 e. The Morgan fingerprint density at radius 1 is 1.09 bits per heavy atom. The average Bonchev–Trinajstić information content (AvgIpc) is 1.84. The maximum Gasteiger partial charge on any atom is 0.613 e. The van der Waals surface area contributed by atoms with Gasteiger partial charge < -0.3 is 13.3 Å². The van der Waals surface area contributed by atoms with E-state index in [1.165, 1.54) is 14.2 Å². The molecule has 5 heteroatoms.